The van der Waals surface area contributed by atoms with Gasteiger partial charge in [0.25, 0.3) is 0 Å². The lowest BCUT2D eigenvalue weighted by molar-refractivity contribution is 0.415. The van der Waals surface area contributed by atoms with Crippen molar-refractivity contribution in [3.8, 4) is 5.75 Å². The third kappa shape index (κ3) is 2.94. The summed E-state index contributed by atoms with van der Waals surface area (Å²) in [5.74, 6) is 0.536. The van der Waals surface area contributed by atoms with Crippen molar-refractivity contribution in [2.75, 3.05) is 7.11 Å². The van der Waals surface area contributed by atoms with Gasteiger partial charge < -0.3 is 4.74 Å². The van der Waals surface area contributed by atoms with Crippen LogP contribution in [0.25, 0.3) is 0 Å². The molecule has 0 bridgehead atoms. The Hall–Kier alpha value is -2.16. The molecule has 0 aliphatic carbocycles. The predicted molar refractivity (Wildman–Crippen MR) is 71.3 cm³/mol. The first-order chi connectivity index (χ1) is 8.69. The SMILES string of the molecule is COc1ccc(N=C(C)c2cccc(F)c2)cc1. The Balaban J connectivity index is 2.26. The van der Waals surface area contributed by atoms with E-state index in [2.05, 4.69) is 4.99 Å². The van der Waals surface area contributed by atoms with E-state index in [1.54, 1.807) is 13.2 Å². The van der Waals surface area contributed by atoms with Crippen LogP contribution in [0.2, 0.25) is 0 Å². The van der Waals surface area contributed by atoms with E-state index in [0.29, 0.717) is 0 Å². The lowest BCUT2D eigenvalue weighted by Gasteiger charge is -2.03. The highest BCUT2D eigenvalue weighted by molar-refractivity contribution is 6.00. The highest BCUT2D eigenvalue weighted by atomic mass is 19.1. The van der Waals surface area contributed by atoms with Gasteiger partial charge in [-0.3, -0.25) is 4.99 Å². The largest absolute Gasteiger partial charge is 0.497 e. The molecule has 18 heavy (non-hydrogen) atoms. The van der Waals surface area contributed by atoms with Gasteiger partial charge in [0, 0.05) is 5.71 Å². The quantitative estimate of drug-likeness (QED) is 0.747. The van der Waals surface area contributed by atoms with Crippen LogP contribution in [0.4, 0.5) is 10.1 Å². The van der Waals surface area contributed by atoms with E-state index in [1.807, 2.05) is 37.3 Å². The van der Waals surface area contributed by atoms with E-state index in [1.165, 1.54) is 12.1 Å². The van der Waals surface area contributed by atoms with Crippen molar-refractivity contribution in [1.29, 1.82) is 0 Å². The van der Waals surface area contributed by atoms with Gasteiger partial charge in [-0.25, -0.2) is 4.39 Å². The molecule has 2 rings (SSSR count). The van der Waals surface area contributed by atoms with Crippen LogP contribution in [-0.2, 0) is 0 Å². The highest BCUT2D eigenvalue weighted by Crippen LogP contribution is 2.19. The maximum atomic E-state index is 13.1. The fourth-order valence-electron chi connectivity index (χ4n) is 1.63. The van der Waals surface area contributed by atoms with Crippen LogP contribution < -0.4 is 4.74 Å². The second-order valence-electron chi connectivity index (χ2n) is 3.91. The third-order valence-corrected chi connectivity index (χ3v) is 2.61. The molecule has 3 heteroatoms. The minimum Gasteiger partial charge on any atom is -0.497 e. The maximum Gasteiger partial charge on any atom is 0.123 e. The Labute approximate surface area is 106 Å². The minimum atomic E-state index is -0.253. The average Bonchev–Trinajstić information content (AvgIpc) is 2.39. The number of rotatable bonds is 3. The van der Waals surface area contributed by atoms with Gasteiger partial charge in [-0.05, 0) is 48.9 Å². The second kappa shape index (κ2) is 5.45. The number of aliphatic imine (C=N–C) groups is 1. The van der Waals surface area contributed by atoms with Crippen molar-refractivity contribution in [3.63, 3.8) is 0 Å². The monoisotopic (exact) mass is 243 g/mol. The fourth-order valence-corrected chi connectivity index (χ4v) is 1.63. The molecule has 0 aromatic heterocycles. The van der Waals surface area contributed by atoms with Crippen molar-refractivity contribution >= 4 is 11.4 Å². The van der Waals surface area contributed by atoms with Crippen molar-refractivity contribution < 1.29 is 9.13 Å². The van der Waals surface area contributed by atoms with Gasteiger partial charge in [0.05, 0.1) is 12.8 Å². The van der Waals surface area contributed by atoms with Crippen molar-refractivity contribution in [2.45, 2.75) is 6.92 Å². The summed E-state index contributed by atoms with van der Waals surface area (Å²) in [6.45, 7) is 1.86. The molecule has 0 spiro atoms. The number of benzene rings is 2. The molecule has 0 atom stereocenters. The Bertz CT molecular complexity index is 561. The summed E-state index contributed by atoms with van der Waals surface area (Å²) in [4.78, 5) is 4.44. The zero-order valence-corrected chi connectivity index (χ0v) is 10.4. The molecule has 0 radical (unpaired) electrons. The van der Waals surface area contributed by atoms with Crippen LogP contribution in [0.15, 0.2) is 53.5 Å². The molecular formula is C15H14FNO. The van der Waals surface area contributed by atoms with Gasteiger partial charge in [-0.1, -0.05) is 12.1 Å². The van der Waals surface area contributed by atoms with Crippen LogP contribution in [0, 0.1) is 5.82 Å². The summed E-state index contributed by atoms with van der Waals surface area (Å²) in [6, 6.07) is 13.8. The summed E-state index contributed by atoms with van der Waals surface area (Å²) in [7, 11) is 1.62. The van der Waals surface area contributed by atoms with E-state index in [4.69, 9.17) is 4.74 Å². The van der Waals surface area contributed by atoms with Crippen molar-refractivity contribution in [2.24, 2.45) is 4.99 Å². The number of ether oxygens (including phenoxy) is 1. The molecule has 0 fully saturated rings. The smallest absolute Gasteiger partial charge is 0.123 e. The molecule has 92 valence electrons. The Morgan fingerprint density at radius 3 is 2.44 bits per heavy atom. The minimum absolute atomic E-state index is 0.253. The van der Waals surface area contributed by atoms with E-state index < -0.39 is 0 Å². The number of nitrogens with zero attached hydrogens (tertiary/aromatic N) is 1. The Kier molecular flexibility index (Phi) is 3.72. The molecule has 2 nitrogen and oxygen atoms in total. The third-order valence-electron chi connectivity index (χ3n) is 2.61. The first kappa shape index (κ1) is 12.3. The first-order valence-electron chi connectivity index (χ1n) is 5.64. The molecule has 0 N–H and O–H groups in total. The molecule has 2 aromatic carbocycles. The van der Waals surface area contributed by atoms with Gasteiger partial charge in [0.1, 0.15) is 11.6 Å². The number of methoxy groups -OCH3 is 1. The summed E-state index contributed by atoms with van der Waals surface area (Å²) in [5, 5.41) is 0. The molecule has 0 aliphatic rings. The summed E-state index contributed by atoms with van der Waals surface area (Å²) < 4.78 is 18.2. The highest BCUT2D eigenvalue weighted by Gasteiger charge is 1.99. The molecule has 0 heterocycles. The molecule has 2 aromatic rings. The standard InChI is InChI=1S/C15H14FNO/c1-11(12-4-3-5-13(16)10-12)17-14-6-8-15(18-2)9-7-14/h3-10H,1-2H3. The fraction of sp³-hybridized carbons (Fsp3) is 0.133. The second-order valence-corrected chi connectivity index (χ2v) is 3.91. The van der Waals surface area contributed by atoms with Gasteiger partial charge in [-0.2, -0.15) is 0 Å². The van der Waals surface area contributed by atoms with Crippen LogP contribution >= 0.6 is 0 Å². The van der Waals surface area contributed by atoms with Gasteiger partial charge >= 0.3 is 0 Å². The molecule has 0 amide bonds. The predicted octanol–water partition coefficient (Wildman–Crippen LogP) is 3.98. The number of hydrogen-bond acceptors (Lipinski definition) is 2. The molecule has 0 unspecified atom stereocenters. The van der Waals surface area contributed by atoms with E-state index >= 15 is 0 Å². The zero-order chi connectivity index (χ0) is 13.0. The average molecular weight is 243 g/mol. The summed E-state index contributed by atoms with van der Waals surface area (Å²) >= 11 is 0. The van der Waals surface area contributed by atoms with E-state index in [-0.39, 0.29) is 5.82 Å². The van der Waals surface area contributed by atoms with Crippen LogP contribution in [0.3, 0.4) is 0 Å². The van der Waals surface area contributed by atoms with Crippen molar-refractivity contribution in [1.82, 2.24) is 0 Å². The molecule has 0 saturated heterocycles. The number of halogens is 1. The van der Waals surface area contributed by atoms with Crippen molar-refractivity contribution in [3.05, 3.63) is 59.9 Å². The van der Waals surface area contributed by atoms with Crippen LogP contribution in [0.5, 0.6) is 5.75 Å². The lowest BCUT2D eigenvalue weighted by Crippen LogP contribution is -1.94. The van der Waals surface area contributed by atoms with Gasteiger partial charge in [-0.15, -0.1) is 0 Å². The van der Waals surface area contributed by atoms with Crippen LogP contribution in [-0.4, -0.2) is 12.8 Å². The van der Waals surface area contributed by atoms with E-state index in [0.717, 1.165) is 22.7 Å². The number of hydrogen-bond donors (Lipinski definition) is 0. The normalized spacial score (nSPS) is 11.4. The Morgan fingerprint density at radius 2 is 1.83 bits per heavy atom. The molecule has 0 aliphatic heterocycles. The maximum absolute atomic E-state index is 13.1. The van der Waals surface area contributed by atoms with Gasteiger partial charge in [0.2, 0.25) is 0 Å². The molecular weight excluding hydrogens is 229 g/mol. The van der Waals surface area contributed by atoms with E-state index in [9.17, 15) is 4.39 Å². The summed E-state index contributed by atoms with van der Waals surface area (Å²) in [6.07, 6.45) is 0. The summed E-state index contributed by atoms with van der Waals surface area (Å²) in [5.41, 5.74) is 2.38. The Morgan fingerprint density at radius 1 is 1.11 bits per heavy atom. The van der Waals surface area contributed by atoms with Crippen LogP contribution in [0.1, 0.15) is 12.5 Å². The molecule has 0 saturated carbocycles. The van der Waals surface area contributed by atoms with Gasteiger partial charge in [0.15, 0.2) is 0 Å². The first-order valence-corrected chi connectivity index (χ1v) is 5.64. The zero-order valence-electron chi connectivity index (χ0n) is 10.4. The lowest BCUT2D eigenvalue weighted by atomic mass is 10.1. The topological polar surface area (TPSA) is 21.6 Å².